The van der Waals surface area contributed by atoms with E-state index in [0.29, 0.717) is 23.8 Å². The molecule has 3 unspecified atom stereocenters. The quantitative estimate of drug-likeness (QED) is 0.876. The highest BCUT2D eigenvalue weighted by atomic mass is 16.3. The molecule has 0 radical (unpaired) electrons. The van der Waals surface area contributed by atoms with Crippen molar-refractivity contribution in [2.24, 2.45) is 11.7 Å². The smallest absolute Gasteiger partial charge is 0.115 e. The largest absolute Gasteiger partial charge is 0.508 e. The first-order valence-corrected chi connectivity index (χ1v) is 7.34. The van der Waals surface area contributed by atoms with Crippen LogP contribution in [0.2, 0.25) is 0 Å². The van der Waals surface area contributed by atoms with E-state index in [0.717, 1.165) is 13.0 Å². The zero-order chi connectivity index (χ0) is 13.8. The van der Waals surface area contributed by atoms with Crippen LogP contribution in [0.5, 0.6) is 5.75 Å². The van der Waals surface area contributed by atoms with Gasteiger partial charge in [0, 0.05) is 18.6 Å². The number of hydrogen-bond donors (Lipinski definition) is 2. The number of aromatic hydroxyl groups is 1. The second kappa shape index (κ2) is 6.40. The topological polar surface area (TPSA) is 49.5 Å². The van der Waals surface area contributed by atoms with Crippen LogP contribution in [0.4, 0.5) is 0 Å². The number of benzene rings is 1. The van der Waals surface area contributed by atoms with E-state index in [2.05, 4.69) is 18.7 Å². The Hall–Kier alpha value is -1.06. The average Bonchev–Trinajstić information content (AvgIpc) is 2.41. The molecule has 3 N–H and O–H groups in total. The molecule has 3 atom stereocenters. The molecule has 2 rings (SSSR count). The highest BCUT2D eigenvalue weighted by Gasteiger charge is 2.25. The minimum absolute atomic E-state index is 0.295. The summed E-state index contributed by atoms with van der Waals surface area (Å²) in [7, 11) is 0. The summed E-state index contributed by atoms with van der Waals surface area (Å²) >= 11 is 0. The van der Waals surface area contributed by atoms with Gasteiger partial charge in [-0.1, -0.05) is 12.1 Å². The molecule has 1 aromatic carbocycles. The Morgan fingerprint density at radius 2 is 2.00 bits per heavy atom. The standard InChI is InChI=1S/C16H26N2O/c1-12(10-14-5-7-16(19)8-6-14)18-9-3-4-15(11-18)13(2)17/h5-8,12-13,15,19H,3-4,9-11,17H2,1-2H3. The maximum absolute atomic E-state index is 9.31. The number of nitrogens with zero attached hydrogens (tertiary/aromatic N) is 1. The minimum atomic E-state index is 0.295. The maximum Gasteiger partial charge on any atom is 0.115 e. The summed E-state index contributed by atoms with van der Waals surface area (Å²) in [6.45, 7) is 6.72. The van der Waals surface area contributed by atoms with Crippen molar-refractivity contribution in [2.45, 2.75) is 45.2 Å². The van der Waals surface area contributed by atoms with Gasteiger partial charge in [0.25, 0.3) is 0 Å². The van der Waals surface area contributed by atoms with Crippen molar-refractivity contribution in [1.29, 1.82) is 0 Å². The van der Waals surface area contributed by atoms with Crippen molar-refractivity contribution in [1.82, 2.24) is 4.90 Å². The fourth-order valence-corrected chi connectivity index (χ4v) is 2.97. The van der Waals surface area contributed by atoms with Gasteiger partial charge in [0.15, 0.2) is 0 Å². The Morgan fingerprint density at radius 1 is 1.32 bits per heavy atom. The first-order valence-electron chi connectivity index (χ1n) is 7.34. The lowest BCUT2D eigenvalue weighted by Crippen LogP contribution is -2.46. The molecule has 0 bridgehead atoms. The Kier molecular flexibility index (Phi) is 4.83. The van der Waals surface area contributed by atoms with Crippen LogP contribution in [0, 0.1) is 5.92 Å². The van der Waals surface area contributed by atoms with E-state index in [4.69, 9.17) is 5.73 Å². The van der Waals surface area contributed by atoms with Gasteiger partial charge in [0.05, 0.1) is 0 Å². The molecule has 0 spiro atoms. The van der Waals surface area contributed by atoms with Crippen LogP contribution in [-0.4, -0.2) is 35.2 Å². The molecule has 0 saturated carbocycles. The Bertz CT molecular complexity index is 388. The van der Waals surface area contributed by atoms with E-state index in [1.54, 1.807) is 12.1 Å². The van der Waals surface area contributed by atoms with Gasteiger partial charge in [-0.05, 0) is 63.3 Å². The molecule has 3 nitrogen and oxygen atoms in total. The van der Waals surface area contributed by atoms with E-state index >= 15 is 0 Å². The molecule has 1 saturated heterocycles. The monoisotopic (exact) mass is 262 g/mol. The van der Waals surface area contributed by atoms with Gasteiger partial charge in [-0.2, -0.15) is 0 Å². The van der Waals surface area contributed by atoms with Crippen molar-refractivity contribution < 1.29 is 5.11 Å². The van der Waals surface area contributed by atoms with Crippen LogP contribution in [0.25, 0.3) is 0 Å². The van der Waals surface area contributed by atoms with Crippen LogP contribution >= 0.6 is 0 Å². The van der Waals surface area contributed by atoms with Crippen molar-refractivity contribution in [3.05, 3.63) is 29.8 Å². The van der Waals surface area contributed by atoms with E-state index in [1.807, 2.05) is 12.1 Å². The highest BCUT2D eigenvalue weighted by molar-refractivity contribution is 5.26. The molecule has 1 aliphatic rings. The summed E-state index contributed by atoms with van der Waals surface area (Å²) < 4.78 is 0. The van der Waals surface area contributed by atoms with E-state index < -0.39 is 0 Å². The van der Waals surface area contributed by atoms with Gasteiger partial charge in [0.1, 0.15) is 5.75 Å². The van der Waals surface area contributed by atoms with Gasteiger partial charge in [-0.25, -0.2) is 0 Å². The third-order valence-electron chi connectivity index (χ3n) is 4.32. The molecule has 106 valence electrons. The Balaban J connectivity index is 1.92. The number of hydrogen-bond acceptors (Lipinski definition) is 3. The summed E-state index contributed by atoms with van der Waals surface area (Å²) in [6.07, 6.45) is 3.55. The van der Waals surface area contributed by atoms with Crippen molar-refractivity contribution in [3.8, 4) is 5.75 Å². The van der Waals surface area contributed by atoms with Crippen LogP contribution in [-0.2, 0) is 6.42 Å². The number of likely N-dealkylation sites (tertiary alicyclic amines) is 1. The number of phenolic OH excluding ortho intramolecular Hbond substituents is 1. The summed E-state index contributed by atoms with van der Waals surface area (Å²) in [5.41, 5.74) is 7.33. The fourth-order valence-electron chi connectivity index (χ4n) is 2.97. The number of piperidine rings is 1. The van der Waals surface area contributed by atoms with E-state index in [9.17, 15) is 5.11 Å². The third-order valence-corrected chi connectivity index (χ3v) is 4.32. The van der Waals surface area contributed by atoms with Crippen molar-refractivity contribution in [3.63, 3.8) is 0 Å². The minimum Gasteiger partial charge on any atom is -0.508 e. The number of rotatable bonds is 4. The van der Waals surface area contributed by atoms with Gasteiger partial charge in [0.2, 0.25) is 0 Å². The molecular weight excluding hydrogens is 236 g/mol. The molecule has 1 fully saturated rings. The van der Waals surface area contributed by atoms with E-state index in [1.165, 1.54) is 24.9 Å². The SMILES string of the molecule is CC(N)C1CCCN(C(C)Cc2ccc(O)cc2)C1. The average molecular weight is 262 g/mol. The van der Waals surface area contributed by atoms with Crippen LogP contribution < -0.4 is 5.73 Å². The molecule has 1 heterocycles. The molecule has 19 heavy (non-hydrogen) atoms. The zero-order valence-electron chi connectivity index (χ0n) is 12.0. The summed E-state index contributed by atoms with van der Waals surface area (Å²) in [5, 5.41) is 9.31. The van der Waals surface area contributed by atoms with Crippen LogP contribution in [0.3, 0.4) is 0 Å². The molecule has 0 amide bonds. The van der Waals surface area contributed by atoms with Gasteiger partial charge < -0.3 is 10.8 Å². The lowest BCUT2D eigenvalue weighted by Gasteiger charge is -2.38. The highest BCUT2D eigenvalue weighted by Crippen LogP contribution is 2.22. The predicted octanol–water partition coefficient (Wildman–Crippen LogP) is 2.38. The molecular formula is C16H26N2O. The second-order valence-electron chi connectivity index (χ2n) is 5.98. The van der Waals surface area contributed by atoms with Crippen molar-refractivity contribution in [2.75, 3.05) is 13.1 Å². The summed E-state index contributed by atoms with van der Waals surface area (Å²) in [5.74, 6) is 0.974. The fraction of sp³-hybridized carbons (Fsp3) is 0.625. The van der Waals surface area contributed by atoms with E-state index in [-0.39, 0.29) is 0 Å². The molecule has 0 aliphatic carbocycles. The van der Waals surface area contributed by atoms with Crippen LogP contribution in [0.1, 0.15) is 32.3 Å². The second-order valence-corrected chi connectivity index (χ2v) is 5.98. The molecule has 0 aromatic heterocycles. The predicted molar refractivity (Wildman–Crippen MR) is 79.2 cm³/mol. The van der Waals surface area contributed by atoms with Gasteiger partial charge in [-0.3, -0.25) is 4.90 Å². The normalized spacial score (nSPS) is 24.1. The Morgan fingerprint density at radius 3 is 2.63 bits per heavy atom. The summed E-state index contributed by atoms with van der Waals surface area (Å²) in [4.78, 5) is 2.56. The molecule has 3 heteroatoms. The summed E-state index contributed by atoms with van der Waals surface area (Å²) in [6, 6.07) is 8.39. The molecule has 1 aromatic rings. The lowest BCUT2D eigenvalue weighted by atomic mass is 9.90. The Labute approximate surface area is 116 Å². The van der Waals surface area contributed by atoms with Crippen LogP contribution in [0.15, 0.2) is 24.3 Å². The first-order chi connectivity index (χ1) is 9.06. The van der Waals surface area contributed by atoms with Crippen molar-refractivity contribution >= 4 is 0 Å². The lowest BCUT2D eigenvalue weighted by molar-refractivity contribution is 0.121. The molecule has 1 aliphatic heterocycles. The van der Waals surface area contributed by atoms with Gasteiger partial charge in [-0.15, -0.1) is 0 Å². The first kappa shape index (κ1) is 14.4. The number of nitrogens with two attached hydrogens (primary N) is 1. The number of phenols is 1. The zero-order valence-corrected chi connectivity index (χ0v) is 12.0. The maximum atomic E-state index is 9.31. The van der Waals surface area contributed by atoms with Gasteiger partial charge >= 0.3 is 0 Å². The third kappa shape index (κ3) is 3.95.